The molecule has 0 bridgehead atoms. The van der Waals surface area contributed by atoms with E-state index in [0.717, 1.165) is 5.69 Å². The number of hydrogen-bond donors (Lipinski definition) is 1. The van der Waals surface area contributed by atoms with Crippen molar-refractivity contribution >= 4 is 17.3 Å². The van der Waals surface area contributed by atoms with E-state index in [4.69, 9.17) is 16.9 Å². The molecule has 3 heteroatoms. The summed E-state index contributed by atoms with van der Waals surface area (Å²) in [5, 5.41) is 13.3. The Morgan fingerprint density at radius 3 is 2.60 bits per heavy atom. The lowest BCUT2D eigenvalue weighted by Gasteiger charge is -2.41. The Morgan fingerprint density at radius 2 is 1.95 bits per heavy atom. The molecular weight excluding hydrogens is 268 g/mol. The summed E-state index contributed by atoms with van der Waals surface area (Å²) in [6.07, 6.45) is 5.01. The summed E-state index contributed by atoms with van der Waals surface area (Å²) in [6, 6.07) is 8.03. The number of hydrogen-bond acceptors (Lipinski definition) is 2. The average Bonchev–Trinajstić information content (AvgIpc) is 2.41. The van der Waals surface area contributed by atoms with E-state index >= 15 is 0 Å². The van der Waals surface area contributed by atoms with E-state index in [1.54, 1.807) is 12.1 Å². The molecule has 0 aromatic heterocycles. The fourth-order valence-corrected chi connectivity index (χ4v) is 3.42. The molecule has 1 aliphatic carbocycles. The van der Waals surface area contributed by atoms with Gasteiger partial charge >= 0.3 is 0 Å². The van der Waals surface area contributed by atoms with Crippen LogP contribution < -0.4 is 5.32 Å². The van der Waals surface area contributed by atoms with Crippen molar-refractivity contribution < 1.29 is 0 Å². The Balaban J connectivity index is 2.21. The minimum absolute atomic E-state index is 0.289. The lowest BCUT2D eigenvalue weighted by molar-refractivity contribution is 0.163. The molecule has 2 nitrogen and oxygen atoms in total. The van der Waals surface area contributed by atoms with Gasteiger partial charge in [-0.3, -0.25) is 0 Å². The molecule has 0 aliphatic heterocycles. The van der Waals surface area contributed by atoms with Crippen LogP contribution in [-0.2, 0) is 0 Å². The SMILES string of the molecule is CC(C)(C)C1CCCCC1Nc1cc(C#N)ccc1Cl. The minimum Gasteiger partial charge on any atom is -0.381 e. The standard InChI is InChI=1S/C17H23ClN2/c1-17(2,3)13-6-4-5-7-15(13)20-16-10-12(11-19)8-9-14(16)18/h8-10,13,15,20H,4-7H2,1-3H3. The van der Waals surface area contributed by atoms with Gasteiger partial charge in [-0.15, -0.1) is 0 Å². The summed E-state index contributed by atoms with van der Waals surface area (Å²) in [5.74, 6) is 0.637. The lowest BCUT2D eigenvalue weighted by Crippen LogP contribution is -2.39. The number of nitriles is 1. The molecule has 0 amide bonds. The zero-order valence-corrected chi connectivity index (χ0v) is 13.3. The second-order valence-corrected chi connectivity index (χ2v) is 7.22. The number of anilines is 1. The van der Waals surface area contributed by atoms with Crippen LogP contribution in [0.3, 0.4) is 0 Å². The van der Waals surface area contributed by atoms with Gasteiger partial charge in [0.2, 0.25) is 0 Å². The third-order valence-electron chi connectivity index (χ3n) is 4.31. The molecule has 0 spiro atoms. The quantitative estimate of drug-likeness (QED) is 0.809. The van der Waals surface area contributed by atoms with Gasteiger partial charge in [0.15, 0.2) is 0 Å². The summed E-state index contributed by atoms with van der Waals surface area (Å²) in [6.45, 7) is 6.93. The van der Waals surface area contributed by atoms with Crippen LogP contribution in [0.2, 0.25) is 5.02 Å². The molecule has 2 atom stereocenters. The highest BCUT2D eigenvalue weighted by Crippen LogP contribution is 2.40. The predicted octanol–water partition coefficient (Wildman–Crippen LogP) is 5.23. The second kappa shape index (κ2) is 6.06. The van der Waals surface area contributed by atoms with Gasteiger partial charge in [-0.1, -0.05) is 45.2 Å². The van der Waals surface area contributed by atoms with Crippen molar-refractivity contribution in [1.29, 1.82) is 5.26 Å². The van der Waals surface area contributed by atoms with Crippen LogP contribution in [0.15, 0.2) is 18.2 Å². The van der Waals surface area contributed by atoms with Crippen LogP contribution in [0.5, 0.6) is 0 Å². The maximum Gasteiger partial charge on any atom is 0.0992 e. The molecule has 0 saturated heterocycles. The average molecular weight is 291 g/mol. The molecular formula is C17H23ClN2. The molecule has 1 aromatic carbocycles. The van der Waals surface area contributed by atoms with Gasteiger partial charge in [0, 0.05) is 6.04 Å². The number of rotatable bonds is 2. The summed E-state index contributed by atoms with van der Waals surface area (Å²) >= 11 is 6.26. The summed E-state index contributed by atoms with van der Waals surface area (Å²) in [4.78, 5) is 0. The van der Waals surface area contributed by atoms with Crippen molar-refractivity contribution in [1.82, 2.24) is 0 Å². The normalized spacial score (nSPS) is 23.1. The first-order valence-corrected chi connectivity index (χ1v) is 7.76. The van der Waals surface area contributed by atoms with Gasteiger partial charge in [-0.05, 0) is 42.4 Å². The van der Waals surface area contributed by atoms with Crippen LogP contribution in [-0.4, -0.2) is 6.04 Å². The first-order chi connectivity index (χ1) is 9.41. The zero-order valence-electron chi connectivity index (χ0n) is 12.5. The molecule has 2 unspecified atom stereocenters. The van der Waals surface area contributed by atoms with Crippen LogP contribution in [0.4, 0.5) is 5.69 Å². The highest BCUT2D eigenvalue weighted by Gasteiger charge is 2.34. The van der Waals surface area contributed by atoms with Gasteiger partial charge in [0.1, 0.15) is 0 Å². The third kappa shape index (κ3) is 3.46. The molecule has 1 fully saturated rings. The Bertz CT molecular complexity index is 511. The highest BCUT2D eigenvalue weighted by molar-refractivity contribution is 6.33. The third-order valence-corrected chi connectivity index (χ3v) is 4.64. The van der Waals surface area contributed by atoms with Gasteiger partial charge in [-0.2, -0.15) is 5.26 Å². The van der Waals surface area contributed by atoms with Gasteiger partial charge < -0.3 is 5.32 Å². The summed E-state index contributed by atoms with van der Waals surface area (Å²) in [7, 11) is 0. The first kappa shape index (κ1) is 15.2. The fraction of sp³-hybridized carbons (Fsp3) is 0.588. The van der Waals surface area contributed by atoms with E-state index < -0.39 is 0 Å². The zero-order chi connectivity index (χ0) is 14.8. The Kier molecular flexibility index (Phi) is 4.60. The van der Waals surface area contributed by atoms with E-state index in [1.807, 2.05) is 6.07 Å². The van der Waals surface area contributed by atoms with Crippen molar-refractivity contribution in [3.63, 3.8) is 0 Å². The summed E-state index contributed by atoms with van der Waals surface area (Å²) < 4.78 is 0. The molecule has 2 rings (SSSR count). The molecule has 1 aromatic rings. The van der Waals surface area contributed by atoms with Crippen molar-refractivity contribution in [2.75, 3.05) is 5.32 Å². The molecule has 0 radical (unpaired) electrons. The van der Waals surface area contributed by atoms with Crippen LogP contribution in [0.25, 0.3) is 0 Å². The summed E-state index contributed by atoms with van der Waals surface area (Å²) in [5.41, 5.74) is 1.84. The maximum atomic E-state index is 9.02. The van der Waals surface area contributed by atoms with E-state index in [2.05, 4.69) is 32.2 Å². The predicted molar refractivity (Wildman–Crippen MR) is 85.0 cm³/mol. The molecule has 1 N–H and O–H groups in total. The first-order valence-electron chi connectivity index (χ1n) is 7.38. The minimum atomic E-state index is 0.289. The maximum absolute atomic E-state index is 9.02. The topological polar surface area (TPSA) is 35.8 Å². The van der Waals surface area contributed by atoms with Crippen molar-refractivity contribution in [2.24, 2.45) is 11.3 Å². The van der Waals surface area contributed by atoms with Crippen molar-refractivity contribution in [2.45, 2.75) is 52.5 Å². The number of benzene rings is 1. The molecule has 1 aliphatic rings. The van der Waals surface area contributed by atoms with Crippen LogP contribution in [0, 0.1) is 22.7 Å². The Labute approximate surface area is 127 Å². The van der Waals surface area contributed by atoms with E-state index in [0.29, 0.717) is 22.5 Å². The number of nitrogens with one attached hydrogen (secondary N) is 1. The molecule has 20 heavy (non-hydrogen) atoms. The number of nitrogens with zero attached hydrogens (tertiary/aromatic N) is 1. The number of halogens is 1. The van der Waals surface area contributed by atoms with Gasteiger partial charge in [0.25, 0.3) is 0 Å². The van der Waals surface area contributed by atoms with E-state index in [9.17, 15) is 0 Å². The van der Waals surface area contributed by atoms with E-state index in [-0.39, 0.29) is 5.41 Å². The smallest absolute Gasteiger partial charge is 0.0992 e. The van der Waals surface area contributed by atoms with Gasteiger partial charge in [-0.25, -0.2) is 0 Å². The lowest BCUT2D eigenvalue weighted by atomic mass is 9.69. The monoisotopic (exact) mass is 290 g/mol. The van der Waals surface area contributed by atoms with Crippen LogP contribution in [0.1, 0.15) is 52.0 Å². The molecule has 0 heterocycles. The Morgan fingerprint density at radius 1 is 1.25 bits per heavy atom. The second-order valence-electron chi connectivity index (χ2n) is 6.81. The highest BCUT2D eigenvalue weighted by atomic mass is 35.5. The fourth-order valence-electron chi connectivity index (χ4n) is 3.25. The Hall–Kier alpha value is -1.20. The van der Waals surface area contributed by atoms with Gasteiger partial charge in [0.05, 0.1) is 22.3 Å². The van der Waals surface area contributed by atoms with E-state index in [1.165, 1.54) is 25.7 Å². The molecule has 108 valence electrons. The van der Waals surface area contributed by atoms with Crippen molar-refractivity contribution in [3.05, 3.63) is 28.8 Å². The van der Waals surface area contributed by atoms with Crippen LogP contribution >= 0.6 is 11.6 Å². The van der Waals surface area contributed by atoms with Crippen molar-refractivity contribution in [3.8, 4) is 6.07 Å². The largest absolute Gasteiger partial charge is 0.381 e. The molecule has 1 saturated carbocycles.